The molecule has 272 valence electrons. The zero-order valence-electron chi connectivity index (χ0n) is 30.0. The summed E-state index contributed by atoms with van der Waals surface area (Å²) in [6, 6.07) is 15.8. The van der Waals surface area contributed by atoms with Gasteiger partial charge in [-0.25, -0.2) is 9.67 Å². The lowest BCUT2D eigenvalue weighted by atomic mass is 9.96. The average molecular weight is 727 g/mol. The topological polar surface area (TPSA) is 135 Å². The highest BCUT2D eigenvalue weighted by Crippen LogP contribution is 2.41. The van der Waals surface area contributed by atoms with Gasteiger partial charge in [0, 0.05) is 54.3 Å². The Bertz CT molecular complexity index is 2110. The summed E-state index contributed by atoms with van der Waals surface area (Å²) in [4.78, 5) is 25.6. The number of aliphatic carboxylic acids is 1. The predicted molar refractivity (Wildman–Crippen MR) is 198 cm³/mol. The smallest absolute Gasteiger partial charge is 0.306 e. The Morgan fingerprint density at radius 1 is 0.904 bits per heavy atom. The maximum absolute atomic E-state index is 11.4. The number of ether oxygens (including phenoxy) is 3. The fourth-order valence-electron chi connectivity index (χ4n) is 7.51. The van der Waals surface area contributed by atoms with E-state index in [0.29, 0.717) is 86.2 Å². The SMILES string of the molecule is COc1cc(-n2ncc3c(-c4cccc(-c5cc(C)c(CN6CCC(C(=O)O)CC6)c(OC)n5)c4Cl)cccc32)nc(OC)c1CN1CC(C)(O)C1. The van der Waals surface area contributed by atoms with Gasteiger partial charge in [0.05, 0.1) is 60.8 Å². The number of aromatic nitrogens is 4. The zero-order valence-corrected chi connectivity index (χ0v) is 30.8. The molecule has 5 heterocycles. The number of benzene rings is 2. The number of nitrogens with zero attached hydrogens (tertiary/aromatic N) is 6. The second-order valence-electron chi connectivity index (χ2n) is 14.0. The molecule has 0 spiro atoms. The molecule has 0 saturated carbocycles. The number of fused-ring (bicyclic) bond motifs is 1. The minimum absolute atomic E-state index is 0.286. The normalized spacial score (nSPS) is 16.5. The van der Waals surface area contributed by atoms with Crippen LogP contribution in [-0.2, 0) is 17.9 Å². The Kier molecular flexibility index (Phi) is 9.83. The molecule has 0 unspecified atom stereocenters. The number of carboxylic acids is 1. The van der Waals surface area contributed by atoms with Crippen LogP contribution in [0.25, 0.3) is 39.1 Å². The first-order valence-corrected chi connectivity index (χ1v) is 17.7. The van der Waals surface area contributed by atoms with E-state index < -0.39 is 11.6 Å². The van der Waals surface area contributed by atoms with Crippen molar-refractivity contribution in [2.75, 3.05) is 47.5 Å². The Morgan fingerprint density at radius 2 is 1.56 bits per heavy atom. The first kappa shape index (κ1) is 35.6. The molecule has 0 bridgehead atoms. The summed E-state index contributed by atoms with van der Waals surface area (Å²) in [5, 5.41) is 25.8. The van der Waals surface area contributed by atoms with Crippen molar-refractivity contribution in [3.05, 3.63) is 76.4 Å². The minimum atomic E-state index is -0.720. The fourth-order valence-corrected chi connectivity index (χ4v) is 7.83. The molecule has 0 amide bonds. The molecule has 13 heteroatoms. The molecule has 2 N–H and O–H groups in total. The number of aryl methyl sites for hydroxylation is 1. The van der Waals surface area contributed by atoms with Crippen molar-refractivity contribution < 1.29 is 29.2 Å². The van der Waals surface area contributed by atoms with Gasteiger partial charge in [0.2, 0.25) is 11.8 Å². The highest BCUT2D eigenvalue weighted by atomic mass is 35.5. The highest BCUT2D eigenvalue weighted by molar-refractivity contribution is 6.36. The molecule has 2 aliphatic heterocycles. The zero-order chi connectivity index (χ0) is 36.7. The van der Waals surface area contributed by atoms with Gasteiger partial charge in [-0.1, -0.05) is 41.9 Å². The number of methoxy groups -OCH3 is 3. The quantitative estimate of drug-likeness (QED) is 0.166. The number of halogens is 1. The third-order valence-corrected chi connectivity index (χ3v) is 10.6. The number of piperidine rings is 1. The van der Waals surface area contributed by atoms with E-state index in [-0.39, 0.29) is 5.92 Å². The molecule has 2 aliphatic rings. The first-order chi connectivity index (χ1) is 25.0. The number of pyridine rings is 2. The molecule has 52 heavy (non-hydrogen) atoms. The van der Waals surface area contributed by atoms with E-state index in [9.17, 15) is 15.0 Å². The van der Waals surface area contributed by atoms with E-state index in [1.54, 1.807) is 26.0 Å². The molecule has 3 aromatic heterocycles. The van der Waals surface area contributed by atoms with Crippen molar-refractivity contribution in [3.8, 4) is 45.7 Å². The second kappa shape index (κ2) is 14.3. The molecule has 2 fully saturated rings. The minimum Gasteiger partial charge on any atom is -0.496 e. The van der Waals surface area contributed by atoms with E-state index in [0.717, 1.165) is 44.3 Å². The lowest BCUT2D eigenvalue weighted by molar-refractivity contribution is -0.143. The summed E-state index contributed by atoms with van der Waals surface area (Å²) >= 11 is 7.23. The molecule has 2 aromatic carbocycles. The standard InChI is InChI=1S/C39H43ClN6O6/c1-23-16-31(42-36(51-4)29(23)19-44-14-12-24(13-15-44)38(47)48)27-10-6-9-26(35(27)40)25-8-7-11-32-28(25)18-41-46(32)34-17-33(50-3)30(37(43-34)52-5)20-45-21-39(2,49)22-45/h6-11,16-18,24,49H,12-15,19-22H2,1-5H3,(H,47,48). The van der Waals surface area contributed by atoms with Crippen LogP contribution >= 0.6 is 11.6 Å². The Morgan fingerprint density at radius 3 is 2.23 bits per heavy atom. The summed E-state index contributed by atoms with van der Waals surface area (Å²) in [6.45, 7) is 7.57. The van der Waals surface area contributed by atoms with Gasteiger partial charge in [-0.2, -0.15) is 10.1 Å². The molecule has 2 saturated heterocycles. The van der Waals surface area contributed by atoms with Crippen molar-refractivity contribution in [2.24, 2.45) is 5.92 Å². The van der Waals surface area contributed by atoms with Crippen molar-refractivity contribution in [2.45, 2.75) is 45.4 Å². The summed E-state index contributed by atoms with van der Waals surface area (Å²) < 4.78 is 19.1. The molecule has 5 aromatic rings. The van der Waals surface area contributed by atoms with Crippen LogP contribution in [0.2, 0.25) is 5.02 Å². The Hall–Kier alpha value is -4.75. The van der Waals surface area contributed by atoms with Crippen LogP contribution in [0.4, 0.5) is 0 Å². The van der Waals surface area contributed by atoms with Crippen molar-refractivity contribution in [1.82, 2.24) is 29.5 Å². The van der Waals surface area contributed by atoms with Gasteiger partial charge in [-0.15, -0.1) is 0 Å². The van der Waals surface area contributed by atoms with Gasteiger partial charge >= 0.3 is 5.97 Å². The number of likely N-dealkylation sites (tertiary alicyclic amines) is 2. The van der Waals surface area contributed by atoms with E-state index >= 15 is 0 Å². The monoisotopic (exact) mass is 726 g/mol. The second-order valence-corrected chi connectivity index (χ2v) is 14.4. The molecule has 12 nitrogen and oxygen atoms in total. The maximum atomic E-state index is 11.4. The highest BCUT2D eigenvalue weighted by Gasteiger charge is 2.37. The van der Waals surface area contributed by atoms with E-state index in [1.807, 2.05) is 68.6 Å². The van der Waals surface area contributed by atoms with E-state index in [2.05, 4.69) is 9.80 Å². The molecule has 0 aliphatic carbocycles. The number of hydrogen-bond donors (Lipinski definition) is 2. The molecular weight excluding hydrogens is 684 g/mol. The van der Waals surface area contributed by atoms with E-state index in [4.69, 9.17) is 40.9 Å². The number of rotatable bonds is 11. The van der Waals surface area contributed by atoms with Gasteiger partial charge < -0.3 is 24.4 Å². The van der Waals surface area contributed by atoms with E-state index in [1.165, 1.54) is 0 Å². The Labute approximate surface area is 307 Å². The van der Waals surface area contributed by atoms with Crippen LogP contribution in [0, 0.1) is 12.8 Å². The van der Waals surface area contributed by atoms with Crippen LogP contribution in [-0.4, -0.2) is 98.8 Å². The molecule has 7 rings (SSSR count). The number of carbonyl (C=O) groups is 1. The van der Waals surface area contributed by atoms with Gasteiger partial charge in [0.15, 0.2) is 5.82 Å². The largest absolute Gasteiger partial charge is 0.496 e. The van der Waals surface area contributed by atoms with Gasteiger partial charge in [0.25, 0.3) is 0 Å². The van der Waals surface area contributed by atoms with Crippen LogP contribution in [0.15, 0.2) is 54.7 Å². The predicted octanol–water partition coefficient (Wildman–Crippen LogP) is 6.00. The van der Waals surface area contributed by atoms with Gasteiger partial charge in [-0.05, 0) is 63.0 Å². The fraction of sp³-hybridized carbons (Fsp3) is 0.385. The summed E-state index contributed by atoms with van der Waals surface area (Å²) in [5.41, 5.74) is 6.14. The number of hydrogen-bond acceptors (Lipinski definition) is 10. The number of carboxylic acid groups (broad SMARTS) is 1. The molecule has 0 atom stereocenters. The van der Waals surface area contributed by atoms with Gasteiger partial charge in [-0.3, -0.25) is 14.6 Å². The Balaban J connectivity index is 1.20. The summed E-state index contributed by atoms with van der Waals surface area (Å²) in [7, 11) is 4.82. The lowest BCUT2D eigenvalue weighted by Crippen LogP contribution is -2.59. The third kappa shape index (κ3) is 6.79. The average Bonchev–Trinajstić information content (AvgIpc) is 3.56. The number of β-amino-alcohol motifs (C(OH)–C–C–N with tert-alkyl or cyclic N) is 1. The first-order valence-electron chi connectivity index (χ1n) is 17.3. The molecule has 0 radical (unpaired) electrons. The van der Waals surface area contributed by atoms with Crippen LogP contribution < -0.4 is 14.2 Å². The third-order valence-electron chi connectivity index (χ3n) is 10.2. The van der Waals surface area contributed by atoms with Crippen molar-refractivity contribution in [1.29, 1.82) is 0 Å². The lowest BCUT2D eigenvalue weighted by Gasteiger charge is -2.44. The van der Waals surface area contributed by atoms with Crippen LogP contribution in [0.3, 0.4) is 0 Å². The van der Waals surface area contributed by atoms with Crippen molar-refractivity contribution >= 4 is 28.5 Å². The van der Waals surface area contributed by atoms with Crippen LogP contribution in [0.1, 0.15) is 36.5 Å². The van der Waals surface area contributed by atoms with Gasteiger partial charge in [0.1, 0.15) is 5.75 Å². The van der Waals surface area contributed by atoms with Crippen LogP contribution in [0.5, 0.6) is 17.5 Å². The summed E-state index contributed by atoms with van der Waals surface area (Å²) in [6.07, 6.45) is 3.07. The maximum Gasteiger partial charge on any atom is 0.306 e. The number of aliphatic hydroxyl groups is 1. The summed E-state index contributed by atoms with van der Waals surface area (Å²) in [5.74, 6) is 1.12. The van der Waals surface area contributed by atoms with Crippen molar-refractivity contribution in [3.63, 3.8) is 0 Å². The molecular formula is C39H43ClN6O6.